The molecule has 4 fully saturated rings. The second-order valence-electron chi connectivity index (χ2n) is 10.7. The van der Waals surface area contributed by atoms with Gasteiger partial charge in [-0.05, 0) is 61.9 Å². The van der Waals surface area contributed by atoms with Crippen molar-refractivity contribution in [3.63, 3.8) is 0 Å². The zero-order valence-electron chi connectivity index (χ0n) is 17.8. The molecule has 0 radical (unpaired) electrons. The number of carbonyl (C=O) groups is 3. The topological polar surface area (TPSA) is 69.7 Å². The van der Waals surface area contributed by atoms with Crippen LogP contribution in [0.25, 0.3) is 0 Å². The van der Waals surface area contributed by atoms with Gasteiger partial charge in [-0.3, -0.25) is 14.4 Å². The predicted octanol–water partition coefficient (Wildman–Crippen LogP) is 4.14. The number of carbonyl (C=O) groups excluding carboxylic acids is 3. The van der Waals surface area contributed by atoms with Gasteiger partial charge in [0.05, 0.1) is 0 Å². The van der Waals surface area contributed by atoms with E-state index in [4.69, 9.17) is 9.47 Å². The van der Waals surface area contributed by atoms with E-state index in [0.29, 0.717) is 31.1 Å². The Bertz CT molecular complexity index is 814. The summed E-state index contributed by atoms with van der Waals surface area (Å²) >= 11 is 0. The first-order valence-corrected chi connectivity index (χ1v) is 11.3. The van der Waals surface area contributed by atoms with Crippen LogP contribution in [0, 0.1) is 28.6 Å². The third kappa shape index (κ3) is 2.55. The lowest BCUT2D eigenvalue weighted by Crippen LogP contribution is -2.58. The Morgan fingerprint density at radius 2 is 1.83 bits per heavy atom. The highest BCUT2D eigenvalue weighted by Crippen LogP contribution is 2.70. The Morgan fingerprint density at radius 3 is 2.52 bits per heavy atom. The molecule has 0 N–H and O–H groups in total. The minimum absolute atomic E-state index is 0.0126. The number of ketones is 1. The summed E-state index contributed by atoms with van der Waals surface area (Å²) in [7, 11) is 0. The van der Waals surface area contributed by atoms with Gasteiger partial charge >= 0.3 is 11.9 Å². The van der Waals surface area contributed by atoms with Crippen LogP contribution in [0.5, 0.6) is 0 Å². The maximum Gasteiger partial charge on any atom is 0.306 e. The van der Waals surface area contributed by atoms with Crippen LogP contribution in [0.4, 0.5) is 0 Å². The summed E-state index contributed by atoms with van der Waals surface area (Å²) in [5.74, 6) is 0.963. The van der Waals surface area contributed by atoms with Crippen LogP contribution in [0.1, 0.15) is 78.6 Å². The van der Waals surface area contributed by atoms with E-state index < -0.39 is 0 Å². The molecule has 5 nitrogen and oxygen atoms in total. The maximum atomic E-state index is 12.2. The van der Waals surface area contributed by atoms with Crippen LogP contribution in [-0.4, -0.2) is 29.4 Å². The first kappa shape index (κ1) is 19.3. The fourth-order valence-electron chi connectivity index (χ4n) is 8.13. The van der Waals surface area contributed by atoms with E-state index in [9.17, 15) is 14.4 Å². The van der Waals surface area contributed by atoms with Crippen molar-refractivity contribution in [3.8, 4) is 0 Å². The summed E-state index contributed by atoms with van der Waals surface area (Å²) in [5.41, 5.74) is 0.810. The number of rotatable bonds is 1. The molecule has 5 heteroatoms. The Hall–Kier alpha value is -1.65. The van der Waals surface area contributed by atoms with Gasteiger partial charge in [0.1, 0.15) is 11.7 Å². The van der Waals surface area contributed by atoms with Gasteiger partial charge in [-0.1, -0.05) is 19.4 Å². The van der Waals surface area contributed by atoms with Crippen LogP contribution >= 0.6 is 0 Å². The largest absolute Gasteiger partial charge is 0.462 e. The molecule has 0 aromatic rings. The third-order valence-corrected chi connectivity index (χ3v) is 9.61. The predicted molar refractivity (Wildman–Crippen MR) is 106 cm³/mol. The van der Waals surface area contributed by atoms with Crippen molar-refractivity contribution in [2.45, 2.75) is 90.3 Å². The maximum absolute atomic E-state index is 12.2. The smallest absolute Gasteiger partial charge is 0.306 e. The number of esters is 2. The number of hydrogen-bond acceptors (Lipinski definition) is 5. The Morgan fingerprint density at radius 1 is 1.07 bits per heavy atom. The van der Waals surface area contributed by atoms with Gasteiger partial charge in [-0.15, -0.1) is 0 Å². The van der Waals surface area contributed by atoms with Crippen LogP contribution < -0.4 is 0 Å². The Kier molecular flexibility index (Phi) is 4.12. The van der Waals surface area contributed by atoms with Crippen molar-refractivity contribution in [2.75, 3.05) is 0 Å². The molecule has 29 heavy (non-hydrogen) atoms. The van der Waals surface area contributed by atoms with E-state index in [0.717, 1.165) is 38.5 Å². The molecule has 5 unspecified atom stereocenters. The van der Waals surface area contributed by atoms with Gasteiger partial charge in [0.2, 0.25) is 0 Å². The molecule has 0 amide bonds. The molecule has 5 rings (SSSR count). The van der Waals surface area contributed by atoms with E-state index in [1.807, 2.05) is 6.08 Å². The monoisotopic (exact) mass is 400 g/mol. The molecule has 158 valence electrons. The quantitative estimate of drug-likeness (QED) is 0.619. The van der Waals surface area contributed by atoms with E-state index in [2.05, 4.69) is 13.8 Å². The summed E-state index contributed by atoms with van der Waals surface area (Å²) < 4.78 is 11.9. The molecule has 7 atom stereocenters. The van der Waals surface area contributed by atoms with Gasteiger partial charge in [0.25, 0.3) is 0 Å². The average molecular weight is 401 g/mol. The van der Waals surface area contributed by atoms with Crippen molar-refractivity contribution in [1.82, 2.24) is 0 Å². The lowest BCUT2D eigenvalue weighted by atomic mass is 9.45. The summed E-state index contributed by atoms with van der Waals surface area (Å²) in [4.78, 5) is 36.2. The molecule has 1 spiro atoms. The molecule has 0 aromatic heterocycles. The van der Waals surface area contributed by atoms with E-state index >= 15 is 0 Å². The van der Waals surface area contributed by atoms with Crippen LogP contribution in [0.2, 0.25) is 0 Å². The standard InChI is InChI=1S/C24H32O5/c1-14(25)28-19-13-15-12-16(26)4-8-22(15,2)17-5-9-23(3)18(21(17)19)6-10-24(23)11-7-20(27)29-24/h12,17-19,21H,4-11,13H2,1-3H3/t17?,18?,19-,21?,22?,23?,24-/m1/s1. The summed E-state index contributed by atoms with van der Waals surface area (Å²) in [6, 6.07) is 0. The van der Waals surface area contributed by atoms with Gasteiger partial charge in [0, 0.05) is 37.5 Å². The zero-order chi connectivity index (χ0) is 20.6. The molecule has 0 aromatic carbocycles. The minimum atomic E-state index is -0.333. The second kappa shape index (κ2) is 6.18. The average Bonchev–Trinajstić information content (AvgIpc) is 3.17. The van der Waals surface area contributed by atoms with Gasteiger partial charge in [-0.2, -0.15) is 0 Å². The molecule has 1 heterocycles. The van der Waals surface area contributed by atoms with E-state index in [1.165, 1.54) is 12.5 Å². The molecule has 3 saturated carbocycles. The zero-order valence-corrected chi connectivity index (χ0v) is 17.8. The number of hydrogen-bond donors (Lipinski definition) is 0. The lowest BCUT2D eigenvalue weighted by Gasteiger charge is -2.60. The number of ether oxygens (including phenoxy) is 2. The van der Waals surface area contributed by atoms with Crippen molar-refractivity contribution in [1.29, 1.82) is 0 Å². The van der Waals surface area contributed by atoms with Crippen molar-refractivity contribution in [3.05, 3.63) is 11.6 Å². The minimum Gasteiger partial charge on any atom is -0.462 e. The summed E-state index contributed by atoms with van der Waals surface area (Å²) in [5, 5.41) is 0. The highest BCUT2D eigenvalue weighted by atomic mass is 16.6. The fraction of sp³-hybridized carbons (Fsp3) is 0.792. The molecule has 4 aliphatic carbocycles. The van der Waals surface area contributed by atoms with Crippen LogP contribution in [0.3, 0.4) is 0 Å². The van der Waals surface area contributed by atoms with Gasteiger partial charge < -0.3 is 9.47 Å². The van der Waals surface area contributed by atoms with Gasteiger partial charge in [-0.25, -0.2) is 0 Å². The lowest BCUT2D eigenvalue weighted by molar-refractivity contribution is -0.182. The van der Waals surface area contributed by atoms with Crippen molar-refractivity contribution in [2.24, 2.45) is 28.6 Å². The van der Waals surface area contributed by atoms with Gasteiger partial charge in [0.15, 0.2) is 5.78 Å². The van der Waals surface area contributed by atoms with Crippen LogP contribution in [-0.2, 0) is 23.9 Å². The molecule has 5 aliphatic rings. The third-order valence-electron chi connectivity index (χ3n) is 9.61. The highest BCUT2D eigenvalue weighted by Gasteiger charge is 2.68. The summed E-state index contributed by atoms with van der Waals surface area (Å²) in [6.07, 6.45) is 9.22. The van der Waals surface area contributed by atoms with Crippen LogP contribution in [0.15, 0.2) is 11.6 Å². The van der Waals surface area contributed by atoms with E-state index in [1.54, 1.807) is 0 Å². The molecular formula is C24H32O5. The molecule has 1 saturated heterocycles. The normalized spacial score (nSPS) is 48.4. The first-order chi connectivity index (χ1) is 13.7. The second-order valence-corrected chi connectivity index (χ2v) is 10.7. The SMILES string of the molecule is CC(=O)O[C@@H]1CC2=CC(=O)CCC2(C)C2CCC3(C)C(CC[C@@]34CCC(=O)O4)C21. The number of fused-ring (bicyclic) bond motifs is 6. The molecule has 1 aliphatic heterocycles. The fourth-order valence-corrected chi connectivity index (χ4v) is 8.13. The summed E-state index contributed by atoms with van der Waals surface area (Å²) in [6.45, 7) is 6.14. The van der Waals surface area contributed by atoms with Crippen molar-refractivity contribution >= 4 is 17.7 Å². The Balaban J connectivity index is 1.56. The molecular weight excluding hydrogens is 368 g/mol. The van der Waals surface area contributed by atoms with E-state index in [-0.39, 0.29) is 46.2 Å². The van der Waals surface area contributed by atoms with Crippen molar-refractivity contribution < 1.29 is 23.9 Å². The molecule has 0 bridgehead atoms. The Labute approximate surface area is 172 Å². The highest BCUT2D eigenvalue weighted by molar-refractivity contribution is 5.91. The first-order valence-electron chi connectivity index (χ1n) is 11.3.